The van der Waals surface area contributed by atoms with Gasteiger partial charge in [-0.05, 0) is 18.6 Å². The molecule has 0 radical (unpaired) electrons. The van der Waals surface area contributed by atoms with Gasteiger partial charge in [0.15, 0.2) is 0 Å². The molecule has 0 aliphatic rings. The van der Waals surface area contributed by atoms with Crippen LogP contribution in [0.1, 0.15) is 15.9 Å². The molecule has 5 nitrogen and oxygen atoms in total. The van der Waals surface area contributed by atoms with Gasteiger partial charge in [-0.3, -0.25) is 0 Å². The molecule has 0 unspecified atom stereocenters. The van der Waals surface area contributed by atoms with Gasteiger partial charge < -0.3 is 14.7 Å². The number of methoxy groups -OCH3 is 1. The summed E-state index contributed by atoms with van der Waals surface area (Å²) in [6.45, 7) is 7.45. The quantitative estimate of drug-likeness (QED) is 0.747. The van der Waals surface area contributed by atoms with E-state index in [4.69, 9.17) is 9.84 Å². The Kier molecular flexibility index (Phi) is 5.32. The Balaban J connectivity index is 2.97. The molecule has 1 N–H and O–H groups in total. The predicted octanol–water partition coefficient (Wildman–Crippen LogP) is 1.73. The first-order valence-corrected chi connectivity index (χ1v) is 5.65. The molecule has 0 aliphatic carbocycles. The SMILES string of the molecule is C=CCN(CCOC)c1ncc(C(=O)O)cc1C. The second kappa shape index (κ2) is 6.76. The molecular formula is C13H18N2O3. The molecule has 18 heavy (non-hydrogen) atoms. The molecule has 5 heteroatoms. The number of aryl methyl sites for hydroxylation is 1. The summed E-state index contributed by atoms with van der Waals surface area (Å²) in [4.78, 5) is 17.1. The van der Waals surface area contributed by atoms with Gasteiger partial charge in [0.05, 0.1) is 12.2 Å². The van der Waals surface area contributed by atoms with Crippen LogP contribution in [0.5, 0.6) is 0 Å². The summed E-state index contributed by atoms with van der Waals surface area (Å²) in [5.74, 6) is -0.207. The van der Waals surface area contributed by atoms with Crippen molar-refractivity contribution in [2.75, 3.05) is 31.7 Å². The fraction of sp³-hybridized carbons (Fsp3) is 0.385. The van der Waals surface area contributed by atoms with Gasteiger partial charge in [0.25, 0.3) is 0 Å². The topological polar surface area (TPSA) is 62.7 Å². The summed E-state index contributed by atoms with van der Waals surface area (Å²) in [6.07, 6.45) is 3.15. The Morgan fingerprint density at radius 1 is 1.67 bits per heavy atom. The highest BCUT2D eigenvalue weighted by Gasteiger charge is 2.12. The lowest BCUT2D eigenvalue weighted by atomic mass is 10.2. The summed E-state index contributed by atoms with van der Waals surface area (Å²) in [5.41, 5.74) is 1.02. The lowest BCUT2D eigenvalue weighted by Gasteiger charge is -2.23. The van der Waals surface area contributed by atoms with E-state index < -0.39 is 5.97 Å². The van der Waals surface area contributed by atoms with Gasteiger partial charge >= 0.3 is 5.97 Å². The summed E-state index contributed by atoms with van der Waals surface area (Å²) in [5, 5.41) is 8.89. The third-order valence-corrected chi connectivity index (χ3v) is 2.51. The van der Waals surface area contributed by atoms with E-state index in [1.165, 1.54) is 6.20 Å². The van der Waals surface area contributed by atoms with Crippen LogP contribution in [0.3, 0.4) is 0 Å². The van der Waals surface area contributed by atoms with Gasteiger partial charge in [0.2, 0.25) is 0 Å². The first kappa shape index (κ1) is 14.2. The lowest BCUT2D eigenvalue weighted by Crippen LogP contribution is -2.29. The van der Waals surface area contributed by atoms with Crippen LogP contribution in [0, 0.1) is 6.92 Å². The molecule has 0 atom stereocenters. The number of hydrogen-bond donors (Lipinski definition) is 1. The normalized spacial score (nSPS) is 10.1. The molecule has 0 bridgehead atoms. The maximum Gasteiger partial charge on any atom is 0.337 e. The Labute approximate surface area is 107 Å². The van der Waals surface area contributed by atoms with Gasteiger partial charge in [-0.15, -0.1) is 6.58 Å². The number of rotatable bonds is 7. The number of pyridine rings is 1. The summed E-state index contributed by atoms with van der Waals surface area (Å²) in [7, 11) is 1.64. The molecule has 1 rings (SSSR count). The van der Waals surface area contributed by atoms with Crippen molar-refractivity contribution >= 4 is 11.8 Å². The molecule has 0 saturated heterocycles. The fourth-order valence-corrected chi connectivity index (χ4v) is 1.66. The van der Waals surface area contributed by atoms with E-state index in [2.05, 4.69) is 11.6 Å². The van der Waals surface area contributed by atoms with Crippen LogP contribution in [-0.2, 0) is 4.74 Å². The Bertz CT molecular complexity index is 432. The van der Waals surface area contributed by atoms with Crippen LogP contribution in [0.25, 0.3) is 0 Å². The number of anilines is 1. The molecule has 1 aromatic heterocycles. The first-order valence-electron chi connectivity index (χ1n) is 5.65. The number of aromatic nitrogens is 1. The summed E-state index contributed by atoms with van der Waals surface area (Å²) < 4.78 is 5.04. The molecule has 0 aromatic carbocycles. The molecular weight excluding hydrogens is 232 g/mol. The Hall–Kier alpha value is -1.88. The molecule has 1 heterocycles. The molecule has 0 amide bonds. The Morgan fingerprint density at radius 2 is 2.39 bits per heavy atom. The second-order valence-electron chi connectivity index (χ2n) is 3.90. The van der Waals surface area contributed by atoms with Gasteiger partial charge in [-0.1, -0.05) is 6.08 Å². The smallest absolute Gasteiger partial charge is 0.337 e. The Morgan fingerprint density at radius 3 is 2.89 bits per heavy atom. The minimum atomic E-state index is -0.968. The van der Waals surface area contributed by atoms with Crippen LogP contribution >= 0.6 is 0 Å². The zero-order valence-electron chi connectivity index (χ0n) is 10.7. The maximum atomic E-state index is 10.8. The fourth-order valence-electron chi connectivity index (χ4n) is 1.66. The van der Waals surface area contributed by atoms with Crippen LogP contribution < -0.4 is 4.90 Å². The van der Waals surface area contributed by atoms with Gasteiger partial charge in [-0.2, -0.15) is 0 Å². The third kappa shape index (κ3) is 3.56. The third-order valence-electron chi connectivity index (χ3n) is 2.51. The predicted molar refractivity (Wildman–Crippen MR) is 70.2 cm³/mol. The van der Waals surface area contributed by atoms with Crippen LogP contribution in [-0.4, -0.2) is 42.9 Å². The zero-order valence-corrected chi connectivity index (χ0v) is 10.7. The first-order chi connectivity index (χ1) is 8.60. The molecule has 0 fully saturated rings. The standard InChI is InChI=1S/C13H18N2O3/c1-4-5-15(6-7-18-3)12-10(2)8-11(9-14-12)13(16)17/h4,8-9H,1,5-7H2,2-3H3,(H,16,17). The highest BCUT2D eigenvalue weighted by atomic mass is 16.5. The average Bonchev–Trinajstić information content (AvgIpc) is 2.34. The molecule has 0 spiro atoms. The maximum absolute atomic E-state index is 10.8. The van der Waals surface area contributed by atoms with Gasteiger partial charge in [0.1, 0.15) is 5.82 Å². The molecule has 0 aliphatic heterocycles. The van der Waals surface area contributed by atoms with Crippen molar-refractivity contribution in [3.05, 3.63) is 36.0 Å². The second-order valence-corrected chi connectivity index (χ2v) is 3.90. The van der Waals surface area contributed by atoms with Crippen LogP contribution in [0.15, 0.2) is 24.9 Å². The molecule has 1 aromatic rings. The van der Waals surface area contributed by atoms with Crippen molar-refractivity contribution in [3.8, 4) is 0 Å². The van der Waals surface area contributed by atoms with Crippen molar-refractivity contribution in [1.82, 2.24) is 4.98 Å². The van der Waals surface area contributed by atoms with Crippen LogP contribution in [0.4, 0.5) is 5.82 Å². The molecule has 98 valence electrons. The number of aromatic carboxylic acids is 1. The summed E-state index contributed by atoms with van der Waals surface area (Å²) in [6, 6.07) is 1.62. The monoisotopic (exact) mass is 250 g/mol. The summed E-state index contributed by atoms with van der Waals surface area (Å²) >= 11 is 0. The average molecular weight is 250 g/mol. The number of ether oxygens (including phenoxy) is 1. The highest BCUT2D eigenvalue weighted by Crippen LogP contribution is 2.17. The number of hydrogen-bond acceptors (Lipinski definition) is 4. The minimum Gasteiger partial charge on any atom is -0.478 e. The van der Waals surface area contributed by atoms with Crippen molar-refractivity contribution in [3.63, 3.8) is 0 Å². The van der Waals surface area contributed by atoms with Crippen molar-refractivity contribution < 1.29 is 14.6 Å². The van der Waals surface area contributed by atoms with E-state index in [1.54, 1.807) is 19.3 Å². The van der Waals surface area contributed by atoms with Crippen molar-refractivity contribution in [2.45, 2.75) is 6.92 Å². The van der Waals surface area contributed by atoms with E-state index in [-0.39, 0.29) is 5.56 Å². The largest absolute Gasteiger partial charge is 0.478 e. The minimum absolute atomic E-state index is 0.196. The van der Waals surface area contributed by atoms with Crippen molar-refractivity contribution in [1.29, 1.82) is 0 Å². The van der Waals surface area contributed by atoms with Gasteiger partial charge in [-0.25, -0.2) is 9.78 Å². The highest BCUT2D eigenvalue weighted by molar-refractivity contribution is 5.87. The number of carboxylic acid groups (broad SMARTS) is 1. The number of carbonyl (C=O) groups is 1. The van der Waals surface area contributed by atoms with E-state index in [0.29, 0.717) is 19.7 Å². The van der Waals surface area contributed by atoms with E-state index in [0.717, 1.165) is 11.4 Å². The zero-order chi connectivity index (χ0) is 13.5. The van der Waals surface area contributed by atoms with E-state index in [9.17, 15) is 4.79 Å². The van der Waals surface area contributed by atoms with E-state index >= 15 is 0 Å². The van der Waals surface area contributed by atoms with Crippen LogP contribution in [0.2, 0.25) is 0 Å². The van der Waals surface area contributed by atoms with Crippen molar-refractivity contribution in [2.24, 2.45) is 0 Å². The van der Waals surface area contributed by atoms with E-state index in [1.807, 2.05) is 11.8 Å². The number of carboxylic acids is 1. The number of nitrogens with zero attached hydrogens (tertiary/aromatic N) is 2. The lowest BCUT2D eigenvalue weighted by molar-refractivity contribution is 0.0696. The van der Waals surface area contributed by atoms with Gasteiger partial charge in [0, 0.05) is 26.4 Å². The molecule has 0 saturated carbocycles.